The number of hydrogen-bond acceptors (Lipinski definition) is 3. The molecule has 4 heterocycles. The van der Waals surface area contributed by atoms with Gasteiger partial charge in [-0.1, -0.05) is 20.3 Å². The average Bonchev–Trinajstić information content (AvgIpc) is 3.32. The SMILES string of the molecule is Cc1c(-c2[nH]c3sc([C@@H]4CCC45CCC5)c(C)c3c2C(C)C)cn2ncnc2c1C. The molecule has 0 radical (unpaired) electrons. The predicted octanol–water partition coefficient (Wildman–Crippen LogP) is 7.04. The molecule has 0 aliphatic heterocycles. The lowest BCUT2D eigenvalue weighted by Crippen LogP contribution is -2.43. The second-order valence-corrected chi connectivity index (χ2v) is 11.0. The molecule has 0 unspecified atom stereocenters. The Morgan fingerprint density at radius 3 is 2.57 bits per heavy atom. The van der Waals surface area contributed by atoms with E-state index in [1.807, 2.05) is 15.9 Å². The minimum Gasteiger partial charge on any atom is -0.346 e. The van der Waals surface area contributed by atoms with Gasteiger partial charge in [-0.3, -0.25) is 0 Å². The van der Waals surface area contributed by atoms with E-state index in [2.05, 4.69) is 55.9 Å². The third kappa shape index (κ3) is 2.27. The van der Waals surface area contributed by atoms with Gasteiger partial charge in [-0.25, -0.2) is 9.50 Å². The van der Waals surface area contributed by atoms with E-state index in [0.717, 1.165) is 11.6 Å². The monoisotopic (exact) mass is 418 g/mol. The summed E-state index contributed by atoms with van der Waals surface area (Å²) in [7, 11) is 0. The van der Waals surface area contributed by atoms with Crippen LogP contribution in [0.15, 0.2) is 12.5 Å². The fraction of sp³-hybridized carbons (Fsp3) is 0.520. The smallest absolute Gasteiger partial charge is 0.158 e. The zero-order chi connectivity index (χ0) is 20.8. The largest absolute Gasteiger partial charge is 0.346 e. The number of aromatic amines is 1. The average molecular weight is 419 g/mol. The van der Waals surface area contributed by atoms with Crippen molar-refractivity contribution in [2.24, 2.45) is 5.41 Å². The van der Waals surface area contributed by atoms with Crippen molar-refractivity contribution in [1.29, 1.82) is 0 Å². The van der Waals surface area contributed by atoms with Crippen molar-refractivity contribution >= 4 is 27.2 Å². The molecule has 0 aromatic carbocycles. The Hall–Kier alpha value is -2.14. The van der Waals surface area contributed by atoms with Crippen LogP contribution in [0.25, 0.3) is 27.1 Å². The van der Waals surface area contributed by atoms with Gasteiger partial charge < -0.3 is 4.98 Å². The maximum absolute atomic E-state index is 4.44. The van der Waals surface area contributed by atoms with Crippen LogP contribution in [0.3, 0.4) is 0 Å². The van der Waals surface area contributed by atoms with Crippen LogP contribution in [0.1, 0.15) is 84.9 Å². The minimum absolute atomic E-state index is 0.458. The summed E-state index contributed by atoms with van der Waals surface area (Å²) in [4.78, 5) is 11.3. The van der Waals surface area contributed by atoms with E-state index >= 15 is 0 Å². The fourth-order valence-corrected chi connectivity index (χ4v) is 7.66. The van der Waals surface area contributed by atoms with Crippen LogP contribution < -0.4 is 0 Å². The van der Waals surface area contributed by atoms with E-state index in [0.29, 0.717) is 11.3 Å². The summed E-state index contributed by atoms with van der Waals surface area (Å²) in [5, 5.41) is 5.91. The van der Waals surface area contributed by atoms with Crippen LogP contribution in [-0.4, -0.2) is 19.6 Å². The fourth-order valence-electron chi connectivity index (χ4n) is 6.16. The summed E-state index contributed by atoms with van der Waals surface area (Å²) in [6, 6.07) is 0. The summed E-state index contributed by atoms with van der Waals surface area (Å²) in [6.45, 7) is 11.4. The minimum atomic E-state index is 0.458. The summed E-state index contributed by atoms with van der Waals surface area (Å²) in [5.41, 5.74) is 9.61. The van der Waals surface area contributed by atoms with E-state index in [9.17, 15) is 0 Å². The Morgan fingerprint density at radius 1 is 1.13 bits per heavy atom. The van der Waals surface area contributed by atoms with Crippen LogP contribution in [0, 0.1) is 26.2 Å². The van der Waals surface area contributed by atoms with Crippen LogP contribution >= 0.6 is 11.3 Å². The molecule has 4 aromatic rings. The zero-order valence-electron chi connectivity index (χ0n) is 18.6. The van der Waals surface area contributed by atoms with E-state index < -0.39 is 0 Å². The number of nitrogens with one attached hydrogen (secondary N) is 1. The van der Waals surface area contributed by atoms with Crippen LogP contribution in [-0.2, 0) is 0 Å². The zero-order valence-corrected chi connectivity index (χ0v) is 19.4. The molecule has 2 fully saturated rings. The Morgan fingerprint density at radius 2 is 1.93 bits per heavy atom. The first-order chi connectivity index (χ1) is 14.4. The van der Waals surface area contributed by atoms with Crippen molar-refractivity contribution < 1.29 is 0 Å². The van der Waals surface area contributed by atoms with Gasteiger partial charge >= 0.3 is 0 Å². The van der Waals surface area contributed by atoms with Crippen molar-refractivity contribution in [1.82, 2.24) is 19.6 Å². The molecular formula is C25H30N4S. The molecular weight excluding hydrogens is 388 g/mol. The molecule has 1 spiro atoms. The molecule has 5 heteroatoms. The number of fused-ring (bicyclic) bond motifs is 2. The molecule has 6 rings (SSSR count). The molecule has 0 bridgehead atoms. The molecule has 2 aliphatic rings. The lowest BCUT2D eigenvalue weighted by Gasteiger charge is -2.56. The summed E-state index contributed by atoms with van der Waals surface area (Å²) in [6.07, 6.45) is 11.0. The molecule has 2 aliphatic carbocycles. The first-order valence-electron chi connectivity index (χ1n) is 11.4. The van der Waals surface area contributed by atoms with Gasteiger partial charge in [0.05, 0.1) is 5.69 Å². The third-order valence-electron chi connectivity index (χ3n) is 8.27. The molecule has 156 valence electrons. The van der Waals surface area contributed by atoms with Gasteiger partial charge in [0.2, 0.25) is 0 Å². The topological polar surface area (TPSA) is 46.0 Å². The van der Waals surface area contributed by atoms with Gasteiger partial charge in [0.15, 0.2) is 5.65 Å². The first-order valence-corrected chi connectivity index (χ1v) is 12.2. The van der Waals surface area contributed by atoms with Crippen LogP contribution in [0.5, 0.6) is 0 Å². The number of pyridine rings is 1. The number of aryl methyl sites for hydroxylation is 2. The molecule has 1 N–H and O–H groups in total. The lowest BCUT2D eigenvalue weighted by molar-refractivity contribution is -0.000499. The highest BCUT2D eigenvalue weighted by atomic mass is 32.1. The molecule has 4 aromatic heterocycles. The molecule has 2 saturated carbocycles. The van der Waals surface area contributed by atoms with Gasteiger partial charge in [0.25, 0.3) is 0 Å². The van der Waals surface area contributed by atoms with E-state index in [-0.39, 0.29) is 0 Å². The summed E-state index contributed by atoms with van der Waals surface area (Å²) >= 11 is 2.03. The Balaban J connectivity index is 1.56. The summed E-state index contributed by atoms with van der Waals surface area (Å²) < 4.78 is 1.92. The van der Waals surface area contributed by atoms with Crippen LogP contribution in [0.4, 0.5) is 0 Å². The highest BCUT2D eigenvalue weighted by molar-refractivity contribution is 7.19. The van der Waals surface area contributed by atoms with Gasteiger partial charge in [-0.15, -0.1) is 11.3 Å². The number of hydrogen-bond donors (Lipinski definition) is 1. The second-order valence-electron chi connectivity index (χ2n) is 9.99. The maximum Gasteiger partial charge on any atom is 0.158 e. The number of rotatable bonds is 3. The molecule has 30 heavy (non-hydrogen) atoms. The Bertz CT molecular complexity index is 1290. The third-order valence-corrected chi connectivity index (χ3v) is 9.59. The molecule has 1 atom stereocenters. The molecule has 0 amide bonds. The summed E-state index contributed by atoms with van der Waals surface area (Å²) in [5.74, 6) is 1.26. The van der Waals surface area contributed by atoms with Crippen molar-refractivity contribution in [3.05, 3.63) is 39.7 Å². The number of H-pyrrole nitrogens is 1. The molecule has 4 nitrogen and oxygen atoms in total. The van der Waals surface area contributed by atoms with Gasteiger partial charge in [-0.05, 0) is 86.0 Å². The highest BCUT2D eigenvalue weighted by Gasteiger charge is 2.52. The predicted molar refractivity (Wildman–Crippen MR) is 125 cm³/mol. The van der Waals surface area contributed by atoms with Crippen molar-refractivity contribution in [2.75, 3.05) is 0 Å². The Kier molecular flexibility index (Phi) is 3.84. The standard InChI is InChI=1S/C25H30N4S/c1-13(2)19-20-16(5)22(18-7-10-25(18)8-6-9-25)30-24(20)28-21(19)17-11-29-23(26-12-27-29)15(4)14(17)3/h11-13,18,28H,6-10H2,1-5H3/t18-/m0/s1. The number of nitrogens with zero attached hydrogens (tertiary/aromatic N) is 3. The number of thiophene rings is 1. The maximum atomic E-state index is 4.44. The van der Waals surface area contributed by atoms with Crippen LogP contribution in [0.2, 0.25) is 0 Å². The second kappa shape index (κ2) is 6.19. The van der Waals surface area contributed by atoms with Gasteiger partial charge in [0.1, 0.15) is 11.2 Å². The molecule has 0 saturated heterocycles. The number of aromatic nitrogens is 4. The first kappa shape index (κ1) is 18.6. The van der Waals surface area contributed by atoms with E-state index in [1.165, 1.54) is 75.8 Å². The normalized spacial score (nSPS) is 20.4. The Labute approximate surface area is 181 Å². The van der Waals surface area contributed by atoms with E-state index in [1.54, 1.807) is 11.2 Å². The van der Waals surface area contributed by atoms with Crippen molar-refractivity contribution in [3.8, 4) is 11.3 Å². The van der Waals surface area contributed by atoms with Gasteiger partial charge in [0, 0.05) is 22.0 Å². The van der Waals surface area contributed by atoms with Crippen molar-refractivity contribution in [2.45, 2.75) is 78.6 Å². The highest BCUT2D eigenvalue weighted by Crippen LogP contribution is 2.65. The van der Waals surface area contributed by atoms with Gasteiger partial charge in [-0.2, -0.15) is 5.10 Å². The van der Waals surface area contributed by atoms with Crippen molar-refractivity contribution in [3.63, 3.8) is 0 Å². The quantitative estimate of drug-likeness (QED) is 0.388. The lowest BCUT2D eigenvalue weighted by atomic mass is 9.49. The van der Waals surface area contributed by atoms with E-state index in [4.69, 9.17) is 0 Å².